The molecule has 0 radical (unpaired) electrons. The number of halogens is 1. The van der Waals surface area contributed by atoms with Crippen molar-refractivity contribution in [1.82, 2.24) is 4.98 Å². The van der Waals surface area contributed by atoms with Crippen LogP contribution in [-0.2, 0) is 0 Å². The molecule has 2 rings (SSSR count). The van der Waals surface area contributed by atoms with Gasteiger partial charge in [0.15, 0.2) is 0 Å². The van der Waals surface area contributed by atoms with E-state index in [-0.39, 0.29) is 5.82 Å². The summed E-state index contributed by atoms with van der Waals surface area (Å²) in [5, 5.41) is 3.26. The number of pyridine rings is 1. The highest BCUT2D eigenvalue weighted by Gasteiger charge is 2.08. The van der Waals surface area contributed by atoms with E-state index in [2.05, 4.69) is 17.2 Å². The molecule has 1 aromatic heterocycles. The van der Waals surface area contributed by atoms with E-state index < -0.39 is 0 Å². The first-order valence-corrected chi connectivity index (χ1v) is 6.28. The number of ether oxygens (including phenoxy) is 1. The maximum atomic E-state index is 14.0. The van der Waals surface area contributed by atoms with Gasteiger partial charge in [0.25, 0.3) is 0 Å². The summed E-state index contributed by atoms with van der Waals surface area (Å²) in [5.74, 6) is 0.168. The van der Waals surface area contributed by atoms with Crippen LogP contribution in [-0.4, -0.2) is 18.6 Å². The third-order valence-corrected chi connectivity index (χ3v) is 2.79. The lowest BCUT2D eigenvalue weighted by molar-refractivity contribution is 0.411. The average molecular weight is 260 g/mol. The van der Waals surface area contributed by atoms with Crippen LogP contribution >= 0.6 is 0 Å². The van der Waals surface area contributed by atoms with Crippen molar-refractivity contribution >= 4 is 5.69 Å². The molecule has 1 N–H and O–H groups in total. The van der Waals surface area contributed by atoms with E-state index in [1.807, 2.05) is 12.1 Å². The quantitative estimate of drug-likeness (QED) is 0.889. The lowest BCUT2D eigenvalue weighted by Gasteiger charge is -2.08. The number of hydrogen-bond donors (Lipinski definition) is 1. The highest BCUT2D eigenvalue weighted by atomic mass is 19.1. The Hall–Kier alpha value is -2.10. The molecule has 100 valence electrons. The summed E-state index contributed by atoms with van der Waals surface area (Å²) in [6, 6.07) is 8.50. The summed E-state index contributed by atoms with van der Waals surface area (Å²) in [6.07, 6.45) is 2.71. The molecule has 1 aromatic carbocycles. The minimum atomic E-state index is -0.334. The van der Waals surface area contributed by atoms with E-state index in [9.17, 15) is 4.39 Å². The molecule has 19 heavy (non-hydrogen) atoms. The van der Waals surface area contributed by atoms with Gasteiger partial charge < -0.3 is 10.1 Å². The molecule has 1 heterocycles. The number of benzene rings is 1. The zero-order valence-corrected chi connectivity index (χ0v) is 11.1. The number of nitrogens with zero attached hydrogens (tertiary/aromatic N) is 1. The van der Waals surface area contributed by atoms with Gasteiger partial charge in [-0.2, -0.15) is 0 Å². The second-order valence-corrected chi connectivity index (χ2v) is 4.20. The Morgan fingerprint density at radius 1 is 1.26 bits per heavy atom. The Labute approximate surface area is 112 Å². The van der Waals surface area contributed by atoms with Crippen LogP contribution in [0.5, 0.6) is 5.75 Å². The Balaban J connectivity index is 2.30. The summed E-state index contributed by atoms with van der Waals surface area (Å²) in [4.78, 5) is 4.21. The van der Waals surface area contributed by atoms with Crippen LogP contribution in [0.25, 0.3) is 11.3 Å². The average Bonchev–Trinajstić information content (AvgIpc) is 2.45. The van der Waals surface area contributed by atoms with Gasteiger partial charge in [0, 0.05) is 30.1 Å². The standard InChI is InChI=1S/C15H17FN2O/c1-3-7-17-11-6-8-18-15(9-11)13-5-4-12(19-2)10-14(13)16/h4-6,8-10H,3,7H2,1-2H3,(H,17,18). The van der Waals surface area contributed by atoms with Gasteiger partial charge >= 0.3 is 0 Å². The maximum Gasteiger partial charge on any atom is 0.136 e. The monoisotopic (exact) mass is 260 g/mol. The molecule has 0 fully saturated rings. The Bertz CT molecular complexity index is 558. The van der Waals surface area contributed by atoms with E-state index in [1.54, 1.807) is 18.3 Å². The van der Waals surface area contributed by atoms with Crippen molar-refractivity contribution in [3.05, 3.63) is 42.3 Å². The van der Waals surface area contributed by atoms with Crippen molar-refractivity contribution < 1.29 is 9.13 Å². The van der Waals surface area contributed by atoms with E-state index in [1.165, 1.54) is 13.2 Å². The van der Waals surface area contributed by atoms with Crippen molar-refractivity contribution in [1.29, 1.82) is 0 Å². The van der Waals surface area contributed by atoms with Gasteiger partial charge in [0.05, 0.1) is 12.8 Å². The first-order chi connectivity index (χ1) is 9.24. The molecule has 0 spiro atoms. The van der Waals surface area contributed by atoms with Crippen molar-refractivity contribution in [3.63, 3.8) is 0 Å². The number of rotatable bonds is 5. The summed E-state index contributed by atoms with van der Waals surface area (Å²) in [6.45, 7) is 2.98. The van der Waals surface area contributed by atoms with Crippen LogP contribution in [0.4, 0.5) is 10.1 Å². The predicted molar refractivity (Wildman–Crippen MR) is 75.0 cm³/mol. The normalized spacial score (nSPS) is 10.3. The molecule has 0 bridgehead atoms. The smallest absolute Gasteiger partial charge is 0.136 e. The number of nitrogens with one attached hydrogen (secondary N) is 1. The van der Waals surface area contributed by atoms with Crippen LogP contribution < -0.4 is 10.1 Å². The fraction of sp³-hybridized carbons (Fsp3) is 0.267. The third kappa shape index (κ3) is 3.22. The minimum Gasteiger partial charge on any atom is -0.497 e. The molecule has 3 nitrogen and oxygen atoms in total. The molecule has 2 aromatic rings. The first-order valence-electron chi connectivity index (χ1n) is 6.28. The number of methoxy groups -OCH3 is 1. The zero-order chi connectivity index (χ0) is 13.7. The highest BCUT2D eigenvalue weighted by molar-refractivity contribution is 5.65. The molecular formula is C15H17FN2O. The summed E-state index contributed by atoms with van der Waals surface area (Å²) >= 11 is 0. The van der Waals surface area contributed by atoms with Crippen LogP contribution in [0.1, 0.15) is 13.3 Å². The molecule has 0 saturated carbocycles. The van der Waals surface area contributed by atoms with Crippen LogP contribution in [0.2, 0.25) is 0 Å². The lowest BCUT2D eigenvalue weighted by Crippen LogP contribution is -2.00. The van der Waals surface area contributed by atoms with Crippen molar-refractivity contribution in [2.75, 3.05) is 19.0 Å². The molecular weight excluding hydrogens is 243 g/mol. The molecule has 0 aliphatic carbocycles. The predicted octanol–water partition coefficient (Wildman–Crippen LogP) is 3.72. The van der Waals surface area contributed by atoms with Crippen LogP contribution in [0.15, 0.2) is 36.5 Å². The Morgan fingerprint density at radius 3 is 2.79 bits per heavy atom. The van der Waals surface area contributed by atoms with Crippen molar-refractivity contribution in [2.24, 2.45) is 0 Å². The summed E-state index contributed by atoms with van der Waals surface area (Å²) in [7, 11) is 1.52. The van der Waals surface area contributed by atoms with Gasteiger partial charge in [-0.05, 0) is 30.7 Å². The molecule has 0 amide bonds. The number of aromatic nitrogens is 1. The molecule has 0 atom stereocenters. The van der Waals surface area contributed by atoms with Crippen molar-refractivity contribution in [3.8, 4) is 17.0 Å². The van der Waals surface area contributed by atoms with E-state index in [0.717, 1.165) is 18.7 Å². The van der Waals surface area contributed by atoms with Gasteiger partial charge in [0.2, 0.25) is 0 Å². The van der Waals surface area contributed by atoms with Gasteiger partial charge in [-0.15, -0.1) is 0 Å². The van der Waals surface area contributed by atoms with E-state index >= 15 is 0 Å². The molecule has 0 saturated heterocycles. The molecule has 4 heteroatoms. The van der Waals surface area contributed by atoms with Crippen LogP contribution in [0, 0.1) is 5.82 Å². The molecule has 0 unspecified atom stereocenters. The van der Waals surface area contributed by atoms with E-state index in [0.29, 0.717) is 17.0 Å². The first kappa shape index (κ1) is 13.3. The maximum absolute atomic E-state index is 14.0. The largest absolute Gasteiger partial charge is 0.497 e. The van der Waals surface area contributed by atoms with Crippen molar-refractivity contribution in [2.45, 2.75) is 13.3 Å². The van der Waals surface area contributed by atoms with Gasteiger partial charge in [-0.25, -0.2) is 4.39 Å². The topological polar surface area (TPSA) is 34.2 Å². The summed E-state index contributed by atoms with van der Waals surface area (Å²) < 4.78 is 19.0. The number of anilines is 1. The third-order valence-electron chi connectivity index (χ3n) is 2.79. The lowest BCUT2D eigenvalue weighted by atomic mass is 10.1. The van der Waals surface area contributed by atoms with Gasteiger partial charge in [-0.1, -0.05) is 6.92 Å². The molecule has 0 aliphatic rings. The second kappa shape index (κ2) is 6.18. The Kier molecular flexibility index (Phi) is 4.34. The fourth-order valence-corrected chi connectivity index (χ4v) is 1.79. The van der Waals surface area contributed by atoms with E-state index in [4.69, 9.17) is 4.74 Å². The Morgan fingerprint density at radius 2 is 2.11 bits per heavy atom. The second-order valence-electron chi connectivity index (χ2n) is 4.20. The van der Waals surface area contributed by atoms with Gasteiger partial charge in [-0.3, -0.25) is 4.98 Å². The minimum absolute atomic E-state index is 0.334. The summed E-state index contributed by atoms with van der Waals surface area (Å²) in [5.41, 5.74) is 2.03. The van der Waals surface area contributed by atoms with Crippen LogP contribution in [0.3, 0.4) is 0 Å². The SMILES string of the molecule is CCCNc1ccnc(-c2ccc(OC)cc2F)c1. The highest BCUT2D eigenvalue weighted by Crippen LogP contribution is 2.26. The number of hydrogen-bond acceptors (Lipinski definition) is 3. The zero-order valence-electron chi connectivity index (χ0n) is 11.1. The van der Waals surface area contributed by atoms with Gasteiger partial charge in [0.1, 0.15) is 11.6 Å². The fourth-order valence-electron chi connectivity index (χ4n) is 1.79. The molecule has 0 aliphatic heterocycles.